The van der Waals surface area contributed by atoms with Gasteiger partial charge in [0, 0.05) is 17.2 Å². The maximum absolute atomic E-state index is 12.2. The van der Waals surface area contributed by atoms with Crippen molar-refractivity contribution in [3.05, 3.63) is 35.4 Å². The number of amides is 1. The number of carbonyl (C=O) groups is 1. The van der Waals surface area contributed by atoms with Gasteiger partial charge in [-0.15, -0.1) is 0 Å². The molecule has 5 nitrogen and oxygen atoms in total. The number of hydrogen-bond acceptors (Lipinski definition) is 3. The Morgan fingerprint density at radius 3 is 2.71 bits per heavy atom. The summed E-state index contributed by atoms with van der Waals surface area (Å²) in [6.07, 6.45) is 5.75. The maximum atomic E-state index is 12.2. The zero-order chi connectivity index (χ0) is 15.7. The molecule has 0 aliphatic rings. The summed E-state index contributed by atoms with van der Waals surface area (Å²) in [5.41, 5.74) is 6.57. The molecule has 0 aliphatic heterocycles. The Kier molecular flexibility index (Phi) is 7.29. The number of rotatable bonds is 8. The molecule has 0 bridgehead atoms. The summed E-state index contributed by atoms with van der Waals surface area (Å²) in [7, 11) is 0. The number of nitrogens with two attached hydrogens (primary N) is 1. The molecule has 1 rings (SSSR count). The minimum absolute atomic E-state index is 0.00253. The smallest absolute Gasteiger partial charge is 0.251 e. The van der Waals surface area contributed by atoms with E-state index in [-0.39, 0.29) is 17.8 Å². The van der Waals surface area contributed by atoms with Crippen LogP contribution in [0.15, 0.2) is 29.4 Å². The van der Waals surface area contributed by atoms with Crippen LogP contribution in [-0.2, 0) is 0 Å². The lowest BCUT2D eigenvalue weighted by Crippen LogP contribution is -2.32. The summed E-state index contributed by atoms with van der Waals surface area (Å²) in [5.74, 6) is -0.136. The molecule has 0 saturated carbocycles. The second kappa shape index (κ2) is 9.00. The van der Waals surface area contributed by atoms with Crippen LogP contribution in [0.4, 0.5) is 0 Å². The van der Waals surface area contributed by atoms with E-state index in [9.17, 15) is 4.79 Å². The highest BCUT2D eigenvalue weighted by Gasteiger charge is 2.11. The van der Waals surface area contributed by atoms with Gasteiger partial charge in [0.25, 0.3) is 5.91 Å². The van der Waals surface area contributed by atoms with Crippen molar-refractivity contribution in [2.24, 2.45) is 10.9 Å². The fraction of sp³-hybridized carbons (Fsp3) is 0.500. The Labute approximate surface area is 126 Å². The zero-order valence-electron chi connectivity index (χ0n) is 12.8. The Bertz CT molecular complexity index is 486. The molecule has 4 N–H and O–H groups in total. The number of hydrogen-bond donors (Lipinski definition) is 3. The van der Waals surface area contributed by atoms with Gasteiger partial charge >= 0.3 is 0 Å². The van der Waals surface area contributed by atoms with Crippen LogP contribution >= 0.6 is 0 Å². The summed E-state index contributed by atoms with van der Waals surface area (Å²) < 4.78 is 0. The predicted molar refractivity (Wildman–Crippen MR) is 84.6 cm³/mol. The summed E-state index contributed by atoms with van der Waals surface area (Å²) in [6, 6.07) is 6.89. The van der Waals surface area contributed by atoms with E-state index in [2.05, 4.69) is 17.4 Å². The van der Waals surface area contributed by atoms with Crippen LogP contribution in [0.3, 0.4) is 0 Å². The lowest BCUT2D eigenvalue weighted by atomic mass is 10.1. The van der Waals surface area contributed by atoms with Crippen LogP contribution in [0.2, 0.25) is 0 Å². The normalized spacial score (nSPS) is 13.0. The van der Waals surface area contributed by atoms with Gasteiger partial charge in [-0.3, -0.25) is 4.79 Å². The summed E-state index contributed by atoms with van der Waals surface area (Å²) in [4.78, 5) is 12.2. The van der Waals surface area contributed by atoms with E-state index < -0.39 is 0 Å². The standard InChI is InChI=1S/C16H25N3O2/c1-3-4-5-6-8-12(2)18-16(20)14-10-7-9-13(11-14)15(17)19-21/h7,9-12,21H,3-6,8H2,1-2H3,(H2,17,19)(H,18,20). The monoisotopic (exact) mass is 291 g/mol. The molecule has 1 unspecified atom stereocenters. The minimum Gasteiger partial charge on any atom is -0.409 e. The highest BCUT2D eigenvalue weighted by Crippen LogP contribution is 2.08. The fourth-order valence-electron chi connectivity index (χ4n) is 2.13. The predicted octanol–water partition coefficient (Wildman–Crippen LogP) is 2.87. The molecule has 0 spiro atoms. The van der Waals surface area contributed by atoms with Gasteiger partial charge in [-0.2, -0.15) is 0 Å². The van der Waals surface area contributed by atoms with Crippen molar-refractivity contribution < 1.29 is 10.0 Å². The van der Waals surface area contributed by atoms with E-state index in [1.807, 2.05) is 6.92 Å². The molecule has 21 heavy (non-hydrogen) atoms. The third-order valence-corrected chi connectivity index (χ3v) is 3.40. The van der Waals surface area contributed by atoms with Crippen LogP contribution < -0.4 is 11.1 Å². The van der Waals surface area contributed by atoms with Crippen molar-refractivity contribution in [1.29, 1.82) is 0 Å². The number of nitrogens with one attached hydrogen (secondary N) is 1. The molecule has 1 aromatic carbocycles. The first-order chi connectivity index (χ1) is 10.1. The van der Waals surface area contributed by atoms with Crippen LogP contribution in [0.1, 0.15) is 61.9 Å². The zero-order valence-corrected chi connectivity index (χ0v) is 12.8. The van der Waals surface area contributed by atoms with Gasteiger partial charge in [-0.05, 0) is 25.5 Å². The molecule has 116 valence electrons. The fourth-order valence-corrected chi connectivity index (χ4v) is 2.13. The van der Waals surface area contributed by atoms with E-state index in [4.69, 9.17) is 10.9 Å². The van der Waals surface area contributed by atoms with Gasteiger partial charge in [0.2, 0.25) is 0 Å². The number of amidine groups is 1. The topological polar surface area (TPSA) is 87.7 Å². The molecule has 1 amide bonds. The highest BCUT2D eigenvalue weighted by atomic mass is 16.4. The summed E-state index contributed by atoms with van der Waals surface area (Å²) >= 11 is 0. The lowest BCUT2D eigenvalue weighted by molar-refractivity contribution is 0.0938. The second-order valence-electron chi connectivity index (χ2n) is 5.29. The van der Waals surface area contributed by atoms with Gasteiger partial charge in [-0.1, -0.05) is 49.9 Å². The number of nitrogens with zero attached hydrogens (tertiary/aromatic N) is 1. The van der Waals surface area contributed by atoms with E-state index in [1.165, 1.54) is 19.3 Å². The van der Waals surface area contributed by atoms with Crippen molar-refractivity contribution in [3.8, 4) is 0 Å². The number of carbonyl (C=O) groups excluding carboxylic acids is 1. The Morgan fingerprint density at radius 1 is 1.33 bits per heavy atom. The summed E-state index contributed by atoms with van der Waals surface area (Å²) in [5, 5.41) is 14.6. The average molecular weight is 291 g/mol. The average Bonchev–Trinajstić information content (AvgIpc) is 2.50. The summed E-state index contributed by atoms with van der Waals surface area (Å²) in [6.45, 7) is 4.19. The van der Waals surface area contributed by atoms with E-state index in [0.717, 1.165) is 12.8 Å². The third-order valence-electron chi connectivity index (χ3n) is 3.40. The quantitative estimate of drug-likeness (QED) is 0.226. The molecule has 0 aromatic heterocycles. The first-order valence-electron chi connectivity index (χ1n) is 7.47. The highest BCUT2D eigenvalue weighted by molar-refractivity contribution is 6.01. The van der Waals surface area contributed by atoms with Crippen LogP contribution in [0.5, 0.6) is 0 Å². The van der Waals surface area contributed by atoms with Gasteiger partial charge in [0.05, 0.1) is 0 Å². The van der Waals surface area contributed by atoms with E-state index >= 15 is 0 Å². The molecule has 0 heterocycles. The first-order valence-corrected chi connectivity index (χ1v) is 7.47. The van der Waals surface area contributed by atoms with Crippen molar-refractivity contribution in [1.82, 2.24) is 5.32 Å². The van der Waals surface area contributed by atoms with Crippen molar-refractivity contribution in [2.75, 3.05) is 0 Å². The van der Waals surface area contributed by atoms with Crippen LogP contribution in [0, 0.1) is 0 Å². The second-order valence-corrected chi connectivity index (χ2v) is 5.29. The van der Waals surface area contributed by atoms with Crippen LogP contribution in [0.25, 0.3) is 0 Å². The Hall–Kier alpha value is -2.04. The molecule has 0 radical (unpaired) electrons. The molecule has 5 heteroatoms. The van der Waals surface area contributed by atoms with Gasteiger partial charge in [0.15, 0.2) is 5.84 Å². The number of oxime groups is 1. The minimum atomic E-state index is -0.134. The third kappa shape index (κ3) is 5.85. The van der Waals surface area contributed by atoms with Gasteiger partial charge in [-0.25, -0.2) is 0 Å². The largest absolute Gasteiger partial charge is 0.409 e. The van der Waals surface area contributed by atoms with Crippen molar-refractivity contribution in [2.45, 2.75) is 52.0 Å². The molecular formula is C16H25N3O2. The number of benzene rings is 1. The molecular weight excluding hydrogens is 266 g/mol. The van der Waals surface area contributed by atoms with E-state index in [1.54, 1.807) is 24.3 Å². The molecule has 0 fully saturated rings. The molecule has 1 aromatic rings. The lowest BCUT2D eigenvalue weighted by Gasteiger charge is -2.14. The van der Waals surface area contributed by atoms with Crippen LogP contribution in [-0.4, -0.2) is 23.0 Å². The van der Waals surface area contributed by atoms with E-state index in [0.29, 0.717) is 11.1 Å². The molecule has 0 aliphatic carbocycles. The number of unbranched alkanes of at least 4 members (excludes halogenated alkanes) is 3. The van der Waals surface area contributed by atoms with Crippen molar-refractivity contribution in [3.63, 3.8) is 0 Å². The Balaban J connectivity index is 2.55. The first kappa shape index (κ1) is 17.0. The maximum Gasteiger partial charge on any atom is 0.251 e. The molecule has 1 atom stereocenters. The Morgan fingerprint density at radius 2 is 2.05 bits per heavy atom. The van der Waals surface area contributed by atoms with Gasteiger partial charge < -0.3 is 16.3 Å². The molecule has 0 saturated heterocycles. The van der Waals surface area contributed by atoms with Crippen molar-refractivity contribution >= 4 is 11.7 Å². The SMILES string of the molecule is CCCCCCC(C)NC(=O)c1cccc(C(N)=NO)c1. The van der Waals surface area contributed by atoms with Gasteiger partial charge in [0.1, 0.15) is 0 Å².